The van der Waals surface area contributed by atoms with Gasteiger partial charge in [0.1, 0.15) is 0 Å². The maximum atomic E-state index is 7.19. The third kappa shape index (κ3) is 3.78. The molecule has 0 aromatic heterocycles. The highest BCUT2D eigenvalue weighted by atomic mass is 16.7. The second-order valence-electron chi connectivity index (χ2n) is 2.73. The van der Waals surface area contributed by atoms with E-state index in [0.717, 1.165) is 10.7 Å². The second kappa shape index (κ2) is 5.77. The number of hydrogen-bond acceptors (Lipinski definition) is 3. The van der Waals surface area contributed by atoms with Gasteiger partial charge in [0.25, 0.3) is 0 Å². The number of nitrogens with one attached hydrogen (secondary N) is 1. The van der Waals surface area contributed by atoms with E-state index in [2.05, 4.69) is 5.10 Å². The van der Waals surface area contributed by atoms with Crippen LogP contribution in [0.5, 0.6) is 0 Å². The van der Waals surface area contributed by atoms with Crippen LogP contribution in [0.15, 0.2) is 35.4 Å². The number of rotatable bonds is 4. The molecule has 0 saturated carbocycles. The zero-order valence-electron chi connectivity index (χ0n) is 8.55. The van der Waals surface area contributed by atoms with Crippen molar-refractivity contribution in [1.29, 1.82) is 5.41 Å². The van der Waals surface area contributed by atoms with Crippen LogP contribution < -0.4 is 5.73 Å². The monoisotopic (exact) mass is 206 g/mol. The summed E-state index contributed by atoms with van der Waals surface area (Å²) in [6.45, 7) is 2.21. The first-order valence-corrected chi connectivity index (χ1v) is 4.60. The molecule has 0 heterocycles. The van der Waals surface area contributed by atoms with Gasteiger partial charge in [-0.3, -0.25) is 5.41 Å². The van der Waals surface area contributed by atoms with E-state index in [-0.39, 0.29) is 5.96 Å². The molecular weight excluding hydrogens is 192 g/mol. The Balaban J connectivity index is 2.65. The Morgan fingerprint density at radius 1 is 1.53 bits per heavy atom. The summed E-state index contributed by atoms with van der Waals surface area (Å²) >= 11 is 0. The van der Waals surface area contributed by atoms with E-state index >= 15 is 0 Å². The summed E-state index contributed by atoms with van der Waals surface area (Å²) in [5, 5.41) is 12.1. The van der Waals surface area contributed by atoms with E-state index in [1.807, 2.05) is 30.3 Å². The Kier molecular flexibility index (Phi) is 4.30. The molecule has 0 fully saturated rings. The molecule has 0 aliphatic carbocycles. The highest BCUT2D eigenvalue weighted by molar-refractivity contribution is 5.81. The van der Waals surface area contributed by atoms with Crippen molar-refractivity contribution in [2.75, 3.05) is 6.61 Å². The van der Waals surface area contributed by atoms with Crippen LogP contribution in [0, 0.1) is 5.41 Å². The average Bonchev–Trinajstić information content (AvgIpc) is 2.25. The summed E-state index contributed by atoms with van der Waals surface area (Å²) < 4.78 is 0. The van der Waals surface area contributed by atoms with Gasteiger partial charge in [-0.2, -0.15) is 5.10 Å². The number of nitrogens with two attached hydrogens (primary N) is 1. The lowest BCUT2D eigenvalue weighted by Crippen LogP contribution is -2.32. The molecule has 15 heavy (non-hydrogen) atoms. The average molecular weight is 206 g/mol. The molecule has 0 amide bonds. The smallest absolute Gasteiger partial charge is 0.236 e. The molecule has 0 spiro atoms. The van der Waals surface area contributed by atoms with Crippen molar-refractivity contribution in [3.8, 4) is 0 Å². The topological polar surface area (TPSA) is 74.7 Å². The first-order chi connectivity index (χ1) is 7.24. The van der Waals surface area contributed by atoms with Gasteiger partial charge in [0.15, 0.2) is 0 Å². The van der Waals surface area contributed by atoms with Crippen LogP contribution in [0.3, 0.4) is 0 Å². The fraction of sp³-hybridized carbons (Fsp3) is 0.200. The molecule has 1 aromatic rings. The lowest BCUT2D eigenvalue weighted by Gasteiger charge is -2.13. The normalized spacial score (nSPS) is 10.5. The summed E-state index contributed by atoms with van der Waals surface area (Å²) in [7, 11) is 0. The molecular formula is C10H14N4O. The maximum absolute atomic E-state index is 7.19. The summed E-state index contributed by atoms with van der Waals surface area (Å²) in [4.78, 5) is 5.01. The molecule has 0 bridgehead atoms. The van der Waals surface area contributed by atoms with Crippen LogP contribution in [0.25, 0.3) is 0 Å². The maximum Gasteiger partial charge on any atom is 0.236 e. The number of nitrogens with zero attached hydrogens (tertiary/aromatic N) is 2. The SMILES string of the molecule is CCON(N=Cc1ccccc1)C(=N)N. The van der Waals surface area contributed by atoms with Gasteiger partial charge >= 0.3 is 0 Å². The van der Waals surface area contributed by atoms with Crippen LogP contribution in [0.4, 0.5) is 0 Å². The summed E-state index contributed by atoms with van der Waals surface area (Å²) in [6, 6.07) is 9.52. The lowest BCUT2D eigenvalue weighted by atomic mass is 10.2. The van der Waals surface area contributed by atoms with Gasteiger partial charge in [-0.25, -0.2) is 4.84 Å². The van der Waals surface area contributed by atoms with Gasteiger partial charge in [-0.1, -0.05) is 30.3 Å². The van der Waals surface area contributed by atoms with Gasteiger partial charge in [0.2, 0.25) is 5.96 Å². The third-order valence-corrected chi connectivity index (χ3v) is 1.57. The van der Waals surface area contributed by atoms with Crippen LogP contribution in [-0.4, -0.2) is 24.0 Å². The van der Waals surface area contributed by atoms with E-state index in [0.29, 0.717) is 6.61 Å². The highest BCUT2D eigenvalue weighted by Crippen LogP contribution is 1.96. The molecule has 80 valence electrons. The van der Waals surface area contributed by atoms with Crippen molar-refractivity contribution in [3.05, 3.63) is 35.9 Å². The van der Waals surface area contributed by atoms with Crippen LogP contribution in [-0.2, 0) is 4.84 Å². The molecule has 0 atom stereocenters. The molecule has 0 saturated heterocycles. The van der Waals surface area contributed by atoms with E-state index in [9.17, 15) is 0 Å². The first-order valence-electron chi connectivity index (χ1n) is 4.60. The number of hydrazone groups is 1. The van der Waals surface area contributed by atoms with E-state index < -0.39 is 0 Å². The van der Waals surface area contributed by atoms with Crippen molar-refractivity contribution < 1.29 is 4.84 Å². The minimum atomic E-state index is -0.246. The van der Waals surface area contributed by atoms with Crippen molar-refractivity contribution >= 4 is 12.2 Å². The predicted molar refractivity (Wildman–Crippen MR) is 59.4 cm³/mol. The lowest BCUT2D eigenvalue weighted by molar-refractivity contribution is -0.0937. The van der Waals surface area contributed by atoms with Crippen LogP contribution in [0.2, 0.25) is 0 Å². The summed E-state index contributed by atoms with van der Waals surface area (Å²) in [5.74, 6) is -0.246. The number of benzene rings is 1. The predicted octanol–water partition coefficient (Wildman–Crippen LogP) is 1.17. The van der Waals surface area contributed by atoms with Crippen molar-refractivity contribution in [3.63, 3.8) is 0 Å². The van der Waals surface area contributed by atoms with E-state index in [1.54, 1.807) is 13.1 Å². The molecule has 0 aliphatic rings. The largest absolute Gasteiger partial charge is 0.367 e. The van der Waals surface area contributed by atoms with Gasteiger partial charge in [-0.15, -0.1) is 5.17 Å². The minimum Gasteiger partial charge on any atom is -0.367 e. The van der Waals surface area contributed by atoms with Gasteiger partial charge in [-0.05, 0) is 12.5 Å². The third-order valence-electron chi connectivity index (χ3n) is 1.57. The van der Waals surface area contributed by atoms with Crippen LogP contribution >= 0.6 is 0 Å². The van der Waals surface area contributed by atoms with Crippen LogP contribution in [0.1, 0.15) is 12.5 Å². The highest BCUT2D eigenvalue weighted by Gasteiger charge is 2.01. The quantitative estimate of drug-likeness (QED) is 0.441. The Hall–Kier alpha value is -1.88. The molecule has 1 rings (SSSR count). The van der Waals surface area contributed by atoms with Gasteiger partial charge < -0.3 is 5.73 Å². The van der Waals surface area contributed by atoms with Crippen molar-refractivity contribution in [2.45, 2.75) is 6.92 Å². The zero-order chi connectivity index (χ0) is 11.1. The standard InChI is InChI=1S/C10H14N4O/c1-2-15-14(10(11)12)13-8-9-6-4-3-5-7-9/h3-8H,2H2,1H3,(H3,11,12). The summed E-state index contributed by atoms with van der Waals surface area (Å²) in [5.41, 5.74) is 6.18. The Bertz CT molecular complexity index is 337. The van der Waals surface area contributed by atoms with E-state index in [1.165, 1.54) is 0 Å². The van der Waals surface area contributed by atoms with Gasteiger partial charge in [0.05, 0.1) is 12.8 Å². The van der Waals surface area contributed by atoms with E-state index in [4.69, 9.17) is 16.0 Å². The van der Waals surface area contributed by atoms with Crippen molar-refractivity contribution in [2.24, 2.45) is 10.8 Å². The molecule has 3 N–H and O–H groups in total. The molecule has 5 heteroatoms. The first kappa shape index (κ1) is 11.2. The molecule has 0 aliphatic heterocycles. The fourth-order valence-electron chi connectivity index (χ4n) is 0.946. The zero-order valence-corrected chi connectivity index (χ0v) is 8.55. The number of guanidine groups is 1. The van der Waals surface area contributed by atoms with Gasteiger partial charge in [0, 0.05) is 0 Å². The molecule has 0 radical (unpaired) electrons. The van der Waals surface area contributed by atoms with Crippen molar-refractivity contribution in [1.82, 2.24) is 5.17 Å². The Morgan fingerprint density at radius 2 is 2.20 bits per heavy atom. The molecule has 0 unspecified atom stereocenters. The second-order valence-corrected chi connectivity index (χ2v) is 2.73. The number of hydrogen-bond donors (Lipinski definition) is 2. The minimum absolute atomic E-state index is 0.246. The fourth-order valence-corrected chi connectivity index (χ4v) is 0.946. The Morgan fingerprint density at radius 3 is 2.73 bits per heavy atom. The molecule has 5 nitrogen and oxygen atoms in total. The summed E-state index contributed by atoms with van der Waals surface area (Å²) in [6.07, 6.45) is 1.58. The number of hydroxylamine groups is 1. The molecule has 1 aromatic carbocycles. The Labute approximate surface area is 88.6 Å².